The molecule has 6 aliphatic heterocycles. The summed E-state index contributed by atoms with van der Waals surface area (Å²) in [6.07, 6.45) is 20.9. The number of aliphatic hydroxyl groups excluding tert-OH is 1. The largest absolute Gasteiger partial charge is 0.377 e. The summed E-state index contributed by atoms with van der Waals surface area (Å²) in [6, 6.07) is 9.21. The number of anilines is 1. The molecule has 5 saturated heterocycles. The number of benzene rings is 1. The van der Waals surface area contributed by atoms with Crippen molar-refractivity contribution in [1.29, 1.82) is 0 Å². The van der Waals surface area contributed by atoms with Crippen molar-refractivity contribution in [3.63, 3.8) is 0 Å². The second-order valence-corrected chi connectivity index (χ2v) is 16.7. The van der Waals surface area contributed by atoms with Gasteiger partial charge in [-0.15, -0.1) is 0 Å². The van der Waals surface area contributed by atoms with Crippen molar-refractivity contribution in [2.24, 2.45) is 10.4 Å². The number of aliphatic imine (C=N–C) groups is 1. The lowest BCUT2D eigenvalue weighted by atomic mass is 9.86. The topological polar surface area (TPSA) is 95.9 Å². The van der Waals surface area contributed by atoms with E-state index in [1.807, 2.05) is 0 Å². The molecule has 1 spiro atoms. The summed E-state index contributed by atoms with van der Waals surface area (Å²) in [6.45, 7) is 16.8. The highest BCUT2D eigenvalue weighted by Gasteiger charge is 2.46. The van der Waals surface area contributed by atoms with Crippen molar-refractivity contribution in [2.75, 3.05) is 57.3 Å². The zero-order valence-corrected chi connectivity index (χ0v) is 31.7. The van der Waals surface area contributed by atoms with Gasteiger partial charge in [0.05, 0.1) is 5.60 Å². The van der Waals surface area contributed by atoms with E-state index >= 15 is 0 Å². The first-order chi connectivity index (χ1) is 25.0. The lowest BCUT2D eigenvalue weighted by Gasteiger charge is -2.46. The number of likely N-dealkylation sites (tertiary alicyclic amines) is 2. The van der Waals surface area contributed by atoms with Gasteiger partial charge in [0.25, 0.3) is 0 Å². The number of allylic oxidation sites excluding steroid dienone is 5. The Bertz CT molecular complexity index is 1630. The van der Waals surface area contributed by atoms with E-state index in [1.54, 1.807) is 0 Å². The number of fused-ring (bicyclic) bond motifs is 1. The molecule has 1 aromatic rings. The Hall–Kier alpha value is -3.70. The van der Waals surface area contributed by atoms with E-state index in [0.717, 1.165) is 75.6 Å². The van der Waals surface area contributed by atoms with Gasteiger partial charge in [-0.1, -0.05) is 24.3 Å². The van der Waals surface area contributed by atoms with Crippen LogP contribution in [0.2, 0.25) is 0 Å². The Morgan fingerprint density at radius 1 is 1.06 bits per heavy atom. The fourth-order valence-electron chi connectivity index (χ4n) is 8.71. The van der Waals surface area contributed by atoms with Crippen LogP contribution in [-0.2, 0) is 9.63 Å². The standard InChI is InChI=1S/C42H59N7O3/c1-5-8-34(44-38-11-6-9-33-26-49(52-41(2,3)4)22-18-32(33)25-43-38)10-7-21-46-23-19-42(29-46)20-24-47(30-42)36-27-48(28-36)35-14-12-31(13-15-35)37-16-17-39(50)45-40(37)51/h5,7-10,12-15,21,25,36-37,40,51H,6,11,16-20,22-24,26-30H2,1-4H3,(H,43,44)(H,45,50)/b8-5-,21-7+,32-25-,33-9+,34-10+. The van der Waals surface area contributed by atoms with Crippen molar-refractivity contribution in [3.05, 3.63) is 89.5 Å². The molecule has 52 heavy (non-hydrogen) atoms. The van der Waals surface area contributed by atoms with Crippen molar-refractivity contribution in [2.45, 2.75) is 96.4 Å². The third-order valence-corrected chi connectivity index (χ3v) is 11.5. The van der Waals surface area contributed by atoms with E-state index in [4.69, 9.17) is 9.83 Å². The van der Waals surface area contributed by atoms with Crippen molar-refractivity contribution >= 4 is 17.4 Å². The Labute approximate surface area is 310 Å². The van der Waals surface area contributed by atoms with Gasteiger partial charge >= 0.3 is 0 Å². The smallest absolute Gasteiger partial charge is 0.222 e. The SMILES string of the molecule is C\C=C/C(=C\C=C\N1CCC2(CCN(C3CN(c4ccc(C5CCC(=O)NC5O)cc4)C3)C2)C1)NC1=N/C=C2/CCN(OC(C)(C)C)C/C2=C\CC1. The number of aliphatic hydroxyl groups is 1. The number of amidine groups is 1. The van der Waals surface area contributed by atoms with E-state index in [2.05, 4.69) is 125 Å². The molecule has 7 rings (SSSR count). The quantitative estimate of drug-likeness (QED) is 0.301. The predicted molar refractivity (Wildman–Crippen MR) is 208 cm³/mol. The molecule has 280 valence electrons. The number of carbonyl (C=O) groups is 1. The minimum atomic E-state index is -0.797. The van der Waals surface area contributed by atoms with Crippen molar-refractivity contribution in [3.8, 4) is 0 Å². The number of hydrogen-bond acceptors (Lipinski definition) is 9. The number of nitrogens with zero attached hydrogens (tertiary/aromatic N) is 5. The number of rotatable bonds is 8. The molecule has 1 amide bonds. The van der Waals surface area contributed by atoms with E-state index in [9.17, 15) is 9.90 Å². The molecule has 6 aliphatic rings. The van der Waals surface area contributed by atoms with E-state index in [1.165, 1.54) is 42.8 Å². The number of carbonyl (C=O) groups excluding carboxylic acids is 1. The van der Waals surface area contributed by atoms with Gasteiger partial charge in [0.1, 0.15) is 12.1 Å². The van der Waals surface area contributed by atoms with Gasteiger partial charge in [0.2, 0.25) is 5.91 Å². The zero-order chi connectivity index (χ0) is 36.3. The van der Waals surface area contributed by atoms with Crippen molar-refractivity contribution in [1.82, 2.24) is 25.5 Å². The highest BCUT2D eigenvalue weighted by Crippen LogP contribution is 2.42. The Balaban J connectivity index is 0.874. The maximum absolute atomic E-state index is 11.6. The Kier molecular flexibility index (Phi) is 11.1. The molecule has 3 N–H and O–H groups in total. The third-order valence-electron chi connectivity index (χ3n) is 11.5. The number of nitrogens with one attached hydrogen (secondary N) is 2. The lowest BCUT2D eigenvalue weighted by Crippen LogP contribution is -2.59. The molecule has 6 heterocycles. The van der Waals surface area contributed by atoms with Crippen LogP contribution in [0, 0.1) is 5.41 Å². The number of piperidine rings is 2. The molecule has 5 fully saturated rings. The van der Waals surface area contributed by atoms with Gasteiger partial charge in [-0.25, -0.2) is 4.99 Å². The fraction of sp³-hybridized carbons (Fsp3) is 0.571. The van der Waals surface area contributed by atoms with Crippen LogP contribution >= 0.6 is 0 Å². The van der Waals surface area contributed by atoms with E-state index in [-0.39, 0.29) is 17.4 Å². The second-order valence-electron chi connectivity index (χ2n) is 16.7. The molecule has 3 atom stereocenters. The Morgan fingerprint density at radius 3 is 2.63 bits per heavy atom. The normalized spacial score (nSPS) is 30.4. The van der Waals surface area contributed by atoms with Crippen LogP contribution < -0.4 is 15.5 Å². The summed E-state index contributed by atoms with van der Waals surface area (Å²) in [5, 5.41) is 18.7. The second kappa shape index (κ2) is 15.7. The molecule has 0 radical (unpaired) electrons. The highest BCUT2D eigenvalue weighted by atomic mass is 16.7. The summed E-state index contributed by atoms with van der Waals surface area (Å²) in [5.41, 5.74) is 6.25. The van der Waals surface area contributed by atoms with Crippen LogP contribution in [0.15, 0.2) is 88.9 Å². The minimum Gasteiger partial charge on any atom is -0.377 e. The van der Waals surface area contributed by atoms with Crippen LogP contribution in [0.1, 0.15) is 84.1 Å². The Morgan fingerprint density at radius 2 is 1.87 bits per heavy atom. The minimum absolute atomic E-state index is 0.0325. The molecule has 10 nitrogen and oxygen atoms in total. The molecule has 0 bridgehead atoms. The van der Waals surface area contributed by atoms with Crippen LogP contribution in [0.5, 0.6) is 0 Å². The maximum Gasteiger partial charge on any atom is 0.222 e. The van der Waals surface area contributed by atoms with E-state index in [0.29, 0.717) is 24.3 Å². The van der Waals surface area contributed by atoms with Gasteiger partial charge in [-0.05, 0) is 120 Å². The summed E-state index contributed by atoms with van der Waals surface area (Å²) in [4.78, 5) is 30.3. The molecular formula is C42H59N7O3. The fourth-order valence-corrected chi connectivity index (χ4v) is 8.71. The number of hydroxylamine groups is 2. The summed E-state index contributed by atoms with van der Waals surface area (Å²) >= 11 is 0. The first-order valence-electron chi connectivity index (χ1n) is 19.5. The predicted octanol–water partition coefficient (Wildman–Crippen LogP) is 5.59. The first kappa shape index (κ1) is 36.6. The van der Waals surface area contributed by atoms with Gasteiger partial charge in [-0.2, -0.15) is 5.06 Å². The molecule has 10 heteroatoms. The van der Waals surface area contributed by atoms with Gasteiger partial charge in [0, 0.05) is 93.6 Å². The van der Waals surface area contributed by atoms with Crippen LogP contribution in [-0.4, -0.2) is 102 Å². The monoisotopic (exact) mass is 709 g/mol. The average Bonchev–Trinajstić information content (AvgIpc) is 3.67. The van der Waals surface area contributed by atoms with Crippen LogP contribution in [0.25, 0.3) is 0 Å². The molecule has 3 unspecified atom stereocenters. The molecule has 0 aromatic heterocycles. The van der Waals surface area contributed by atoms with Crippen molar-refractivity contribution < 1.29 is 14.7 Å². The first-order valence-corrected chi connectivity index (χ1v) is 19.5. The van der Waals surface area contributed by atoms with Gasteiger partial charge in [-0.3, -0.25) is 14.5 Å². The van der Waals surface area contributed by atoms with Crippen LogP contribution in [0.3, 0.4) is 0 Å². The molecule has 0 aliphatic carbocycles. The maximum atomic E-state index is 11.6. The number of amides is 1. The average molecular weight is 710 g/mol. The van der Waals surface area contributed by atoms with Crippen LogP contribution in [0.4, 0.5) is 5.69 Å². The molecule has 1 aromatic carbocycles. The van der Waals surface area contributed by atoms with Gasteiger partial charge < -0.3 is 25.5 Å². The number of hydrogen-bond donors (Lipinski definition) is 3. The van der Waals surface area contributed by atoms with Gasteiger partial charge in [0.15, 0.2) is 0 Å². The molecule has 0 saturated carbocycles. The molecular weight excluding hydrogens is 651 g/mol. The summed E-state index contributed by atoms with van der Waals surface area (Å²) in [7, 11) is 0. The zero-order valence-electron chi connectivity index (χ0n) is 31.7. The summed E-state index contributed by atoms with van der Waals surface area (Å²) in [5.74, 6) is 0.903. The summed E-state index contributed by atoms with van der Waals surface area (Å²) < 4.78 is 0. The third kappa shape index (κ3) is 8.90. The lowest BCUT2D eigenvalue weighted by molar-refractivity contribution is -0.226. The van der Waals surface area contributed by atoms with E-state index < -0.39 is 6.23 Å². The highest BCUT2D eigenvalue weighted by molar-refractivity contribution is 5.85.